The maximum absolute atomic E-state index is 10.4. The molecule has 2 aromatic heterocycles. The van der Waals surface area contributed by atoms with Crippen molar-refractivity contribution < 1.29 is 5.11 Å². The summed E-state index contributed by atoms with van der Waals surface area (Å²) in [6.45, 7) is 0. The van der Waals surface area contributed by atoms with E-state index in [1.165, 1.54) is 5.56 Å². The molecule has 2 unspecified atom stereocenters. The van der Waals surface area contributed by atoms with Crippen LogP contribution in [0.2, 0.25) is 0 Å². The third-order valence-electron chi connectivity index (χ3n) is 3.41. The molecule has 0 fully saturated rings. The Morgan fingerprint density at radius 2 is 2.35 bits per heavy atom. The van der Waals surface area contributed by atoms with Gasteiger partial charge in [-0.05, 0) is 24.5 Å². The summed E-state index contributed by atoms with van der Waals surface area (Å²) in [5.41, 5.74) is 3.02. The van der Waals surface area contributed by atoms with Gasteiger partial charge in [0.05, 0.1) is 12.0 Å². The molecule has 0 spiro atoms. The first kappa shape index (κ1) is 10.5. The molecule has 1 aliphatic rings. The van der Waals surface area contributed by atoms with Crippen molar-refractivity contribution in [1.29, 1.82) is 0 Å². The topological polar surface area (TPSA) is 50.9 Å². The minimum atomic E-state index is -0.549. The molecule has 0 aromatic carbocycles. The van der Waals surface area contributed by atoms with Gasteiger partial charge in [-0.15, -0.1) is 0 Å². The van der Waals surface area contributed by atoms with Crippen LogP contribution < -0.4 is 0 Å². The SMILES string of the molecule is Cn1cnc(C(O)C2CCc3cccnc32)c1. The summed E-state index contributed by atoms with van der Waals surface area (Å²) in [6, 6.07) is 4.04. The predicted octanol–water partition coefficient (Wildman–Crippen LogP) is 1.58. The van der Waals surface area contributed by atoms with E-state index in [9.17, 15) is 5.11 Å². The quantitative estimate of drug-likeness (QED) is 0.850. The maximum atomic E-state index is 10.4. The van der Waals surface area contributed by atoms with E-state index in [0.29, 0.717) is 0 Å². The number of pyridine rings is 1. The molecule has 0 aliphatic heterocycles. The summed E-state index contributed by atoms with van der Waals surface area (Å²) >= 11 is 0. The van der Waals surface area contributed by atoms with Crippen molar-refractivity contribution in [3.8, 4) is 0 Å². The molecule has 0 saturated heterocycles. The van der Waals surface area contributed by atoms with Crippen LogP contribution in [0.1, 0.15) is 35.4 Å². The molecule has 2 atom stereocenters. The Morgan fingerprint density at radius 1 is 1.47 bits per heavy atom. The minimum absolute atomic E-state index is 0.0844. The number of hydrogen-bond donors (Lipinski definition) is 1. The van der Waals surface area contributed by atoms with Gasteiger partial charge in [-0.25, -0.2) is 4.98 Å². The summed E-state index contributed by atoms with van der Waals surface area (Å²) in [4.78, 5) is 8.62. The van der Waals surface area contributed by atoms with E-state index in [1.807, 2.05) is 23.9 Å². The number of hydrogen-bond acceptors (Lipinski definition) is 3. The van der Waals surface area contributed by atoms with Crippen LogP contribution in [-0.4, -0.2) is 19.6 Å². The summed E-state index contributed by atoms with van der Waals surface area (Å²) in [6.07, 6.45) is 6.77. The van der Waals surface area contributed by atoms with Gasteiger partial charge in [-0.1, -0.05) is 6.07 Å². The highest BCUT2D eigenvalue weighted by molar-refractivity contribution is 5.30. The Morgan fingerprint density at radius 3 is 3.12 bits per heavy atom. The van der Waals surface area contributed by atoms with Crippen molar-refractivity contribution in [1.82, 2.24) is 14.5 Å². The van der Waals surface area contributed by atoms with Gasteiger partial charge in [-0.2, -0.15) is 0 Å². The lowest BCUT2D eigenvalue weighted by Crippen LogP contribution is -2.09. The third-order valence-corrected chi connectivity index (χ3v) is 3.41. The van der Waals surface area contributed by atoms with Crippen LogP contribution in [0, 0.1) is 0 Å². The summed E-state index contributed by atoms with van der Waals surface area (Å²) < 4.78 is 1.85. The van der Waals surface area contributed by atoms with E-state index in [1.54, 1.807) is 12.5 Å². The van der Waals surface area contributed by atoms with Gasteiger partial charge in [-0.3, -0.25) is 4.98 Å². The number of rotatable bonds is 2. The average molecular weight is 229 g/mol. The van der Waals surface area contributed by atoms with Crippen LogP contribution >= 0.6 is 0 Å². The standard InChI is InChI=1S/C13H15N3O/c1-16-7-11(15-8-16)13(17)10-5-4-9-3-2-6-14-12(9)10/h2-3,6-8,10,13,17H,4-5H2,1H3. The zero-order valence-electron chi connectivity index (χ0n) is 9.74. The molecule has 1 aliphatic carbocycles. The molecule has 0 bridgehead atoms. The zero-order chi connectivity index (χ0) is 11.8. The van der Waals surface area contributed by atoms with Crippen LogP contribution in [0.25, 0.3) is 0 Å². The smallest absolute Gasteiger partial charge is 0.106 e. The molecular formula is C13H15N3O. The van der Waals surface area contributed by atoms with E-state index >= 15 is 0 Å². The molecule has 88 valence electrons. The van der Waals surface area contributed by atoms with Crippen LogP contribution in [0.4, 0.5) is 0 Å². The monoisotopic (exact) mass is 229 g/mol. The predicted molar refractivity (Wildman–Crippen MR) is 63.5 cm³/mol. The fourth-order valence-electron chi connectivity index (χ4n) is 2.54. The van der Waals surface area contributed by atoms with Crippen LogP contribution in [-0.2, 0) is 13.5 Å². The lowest BCUT2D eigenvalue weighted by atomic mass is 9.97. The number of aliphatic hydroxyl groups is 1. The molecule has 2 heterocycles. The Hall–Kier alpha value is -1.68. The first-order valence-corrected chi connectivity index (χ1v) is 5.85. The summed E-state index contributed by atoms with van der Waals surface area (Å²) in [5.74, 6) is 0.0844. The van der Waals surface area contributed by atoms with E-state index in [2.05, 4.69) is 16.0 Å². The van der Waals surface area contributed by atoms with Gasteiger partial charge in [0.2, 0.25) is 0 Å². The second-order valence-corrected chi connectivity index (χ2v) is 4.60. The fourth-order valence-corrected chi connectivity index (χ4v) is 2.54. The lowest BCUT2D eigenvalue weighted by Gasteiger charge is -2.16. The molecule has 0 radical (unpaired) electrons. The van der Waals surface area contributed by atoms with E-state index < -0.39 is 6.10 Å². The third kappa shape index (κ3) is 1.74. The van der Waals surface area contributed by atoms with Crippen molar-refractivity contribution in [2.24, 2.45) is 7.05 Å². The van der Waals surface area contributed by atoms with Gasteiger partial charge in [0.25, 0.3) is 0 Å². The number of imidazole rings is 1. The number of aryl methyl sites for hydroxylation is 2. The van der Waals surface area contributed by atoms with Crippen molar-refractivity contribution >= 4 is 0 Å². The molecule has 1 N–H and O–H groups in total. The molecular weight excluding hydrogens is 214 g/mol. The number of nitrogens with zero attached hydrogens (tertiary/aromatic N) is 3. The highest BCUT2D eigenvalue weighted by Crippen LogP contribution is 2.39. The molecule has 0 amide bonds. The highest BCUT2D eigenvalue weighted by Gasteiger charge is 2.31. The second kappa shape index (κ2) is 3.96. The van der Waals surface area contributed by atoms with E-state index in [0.717, 1.165) is 24.2 Å². The minimum Gasteiger partial charge on any atom is -0.386 e. The molecule has 17 heavy (non-hydrogen) atoms. The van der Waals surface area contributed by atoms with Crippen LogP contribution in [0.15, 0.2) is 30.9 Å². The van der Waals surface area contributed by atoms with E-state index in [4.69, 9.17) is 0 Å². The van der Waals surface area contributed by atoms with Gasteiger partial charge in [0.15, 0.2) is 0 Å². The Labute approximate surface area is 100.0 Å². The number of aromatic nitrogens is 3. The van der Waals surface area contributed by atoms with Crippen molar-refractivity contribution in [2.75, 3.05) is 0 Å². The Kier molecular flexibility index (Phi) is 2.44. The fraction of sp³-hybridized carbons (Fsp3) is 0.385. The van der Waals surface area contributed by atoms with Crippen molar-refractivity contribution in [3.05, 3.63) is 47.8 Å². The molecule has 4 heteroatoms. The Balaban J connectivity index is 1.92. The number of fused-ring (bicyclic) bond motifs is 1. The van der Waals surface area contributed by atoms with Gasteiger partial charge >= 0.3 is 0 Å². The lowest BCUT2D eigenvalue weighted by molar-refractivity contribution is 0.139. The summed E-state index contributed by atoms with van der Waals surface area (Å²) in [5, 5.41) is 10.4. The van der Waals surface area contributed by atoms with Crippen molar-refractivity contribution in [3.63, 3.8) is 0 Å². The van der Waals surface area contributed by atoms with Gasteiger partial charge < -0.3 is 9.67 Å². The van der Waals surface area contributed by atoms with Crippen LogP contribution in [0.5, 0.6) is 0 Å². The van der Waals surface area contributed by atoms with E-state index in [-0.39, 0.29) is 5.92 Å². The highest BCUT2D eigenvalue weighted by atomic mass is 16.3. The summed E-state index contributed by atoms with van der Waals surface area (Å²) in [7, 11) is 1.91. The number of aliphatic hydroxyl groups excluding tert-OH is 1. The van der Waals surface area contributed by atoms with Gasteiger partial charge in [0, 0.05) is 31.1 Å². The molecule has 4 nitrogen and oxygen atoms in total. The van der Waals surface area contributed by atoms with Crippen molar-refractivity contribution in [2.45, 2.75) is 24.9 Å². The zero-order valence-corrected chi connectivity index (χ0v) is 9.74. The normalized spacial score (nSPS) is 20.2. The molecule has 0 saturated carbocycles. The Bertz CT molecular complexity index is 535. The first-order chi connectivity index (χ1) is 8.25. The largest absolute Gasteiger partial charge is 0.386 e. The van der Waals surface area contributed by atoms with Crippen LogP contribution in [0.3, 0.4) is 0 Å². The molecule has 3 rings (SSSR count). The van der Waals surface area contributed by atoms with Gasteiger partial charge in [0.1, 0.15) is 6.10 Å². The second-order valence-electron chi connectivity index (χ2n) is 4.60. The first-order valence-electron chi connectivity index (χ1n) is 5.85. The molecule has 2 aromatic rings. The maximum Gasteiger partial charge on any atom is 0.106 e. The average Bonchev–Trinajstić information content (AvgIpc) is 2.94.